The summed E-state index contributed by atoms with van der Waals surface area (Å²) in [5, 5.41) is 2.28. The highest BCUT2D eigenvalue weighted by Crippen LogP contribution is 2.27. The number of hydrogen-bond acceptors (Lipinski definition) is 2. The number of fused-ring (bicyclic) bond motifs is 1. The van der Waals surface area contributed by atoms with Crippen molar-refractivity contribution >= 4 is 22.3 Å². The number of esters is 1. The minimum Gasteiger partial charge on any atom is -0.466 e. The molecule has 96 valence electrons. The largest absolute Gasteiger partial charge is 0.466 e. The first-order valence-electron chi connectivity index (χ1n) is 6.14. The molecular weight excluding hydrogens is 236 g/mol. The smallest absolute Gasteiger partial charge is 0.330 e. The Hall–Kier alpha value is -2.35. The van der Waals surface area contributed by atoms with E-state index in [-0.39, 0.29) is 5.97 Å². The van der Waals surface area contributed by atoms with Gasteiger partial charge in [-0.15, -0.1) is 6.58 Å². The number of ether oxygens (including phenoxy) is 1. The molecule has 0 aromatic heterocycles. The molecule has 2 heteroatoms. The Morgan fingerprint density at radius 2 is 1.95 bits per heavy atom. The van der Waals surface area contributed by atoms with Gasteiger partial charge in [-0.3, -0.25) is 0 Å². The summed E-state index contributed by atoms with van der Waals surface area (Å²) in [5.74, 6) is -0.343. The molecule has 0 heterocycles. The van der Waals surface area contributed by atoms with Gasteiger partial charge in [0.2, 0.25) is 0 Å². The Morgan fingerprint density at radius 3 is 2.68 bits per heavy atom. The van der Waals surface area contributed by atoms with Gasteiger partial charge in [-0.2, -0.15) is 0 Å². The molecule has 2 aromatic carbocycles. The number of carbonyl (C=O) groups is 1. The fourth-order valence-electron chi connectivity index (χ4n) is 2.11. The lowest BCUT2D eigenvalue weighted by atomic mass is 9.96. The van der Waals surface area contributed by atoms with Gasteiger partial charge in [0.1, 0.15) is 0 Å². The summed E-state index contributed by atoms with van der Waals surface area (Å²) in [6, 6.07) is 14.2. The van der Waals surface area contributed by atoms with Gasteiger partial charge < -0.3 is 4.74 Å². The van der Waals surface area contributed by atoms with E-state index in [1.807, 2.05) is 24.3 Å². The third kappa shape index (κ3) is 2.91. The summed E-state index contributed by atoms with van der Waals surface area (Å²) < 4.78 is 4.71. The topological polar surface area (TPSA) is 26.3 Å². The van der Waals surface area contributed by atoms with Gasteiger partial charge in [-0.05, 0) is 28.3 Å². The molecule has 0 aliphatic carbocycles. The maximum atomic E-state index is 11.5. The molecule has 0 bridgehead atoms. The highest BCUT2D eigenvalue weighted by atomic mass is 16.5. The Morgan fingerprint density at radius 1 is 1.21 bits per heavy atom. The van der Waals surface area contributed by atoms with Crippen molar-refractivity contribution < 1.29 is 9.53 Å². The van der Waals surface area contributed by atoms with Crippen LogP contribution in [0.3, 0.4) is 0 Å². The van der Waals surface area contributed by atoms with Gasteiger partial charge in [0.15, 0.2) is 0 Å². The summed E-state index contributed by atoms with van der Waals surface area (Å²) >= 11 is 0. The standard InChI is InChI=1S/C17H16O2/c1-3-7-14(12-17(18)19-2)16-11-6-9-13-8-4-5-10-15(13)16/h3-6,8-12H,1,7H2,2H3/b14-12+. The zero-order chi connectivity index (χ0) is 13.7. The van der Waals surface area contributed by atoms with Crippen molar-refractivity contribution in [1.29, 1.82) is 0 Å². The molecule has 0 aliphatic rings. The minimum absolute atomic E-state index is 0.343. The third-order valence-electron chi connectivity index (χ3n) is 2.99. The monoisotopic (exact) mass is 252 g/mol. The van der Waals surface area contributed by atoms with Crippen molar-refractivity contribution in [3.05, 3.63) is 66.8 Å². The van der Waals surface area contributed by atoms with Crippen LogP contribution in [0.15, 0.2) is 61.2 Å². The molecule has 0 spiro atoms. The minimum atomic E-state index is -0.343. The Balaban J connectivity index is 2.59. The van der Waals surface area contributed by atoms with Crippen LogP contribution in [-0.2, 0) is 9.53 Å². The van der Waals surface area contributed by atoms with Crippen LogP contribution in [0.5, 0.6) is 0 Å². The molecule has 0 saturated carbocycles. The van der Waals surface area contributed by atoms with E-state index in [2.05, 4.69) is 24.8 Å². The van der Waals surface area contributed by atoms with Crippen LogP contribution in [0.25, 0.3) is 16.3 Å². The van der Waals surface area contributed by atoms with Crippen LogP contribution in [0.4, 0.5) is 0 Å². The molecule has 0 saturated heterocycles. The van der Waals surface area contributed by atoms with Crippen molar-refractivity contribution in [2.75, 3.05) is 7.11 Å². The van der Waals surface area contributed by atoms with E-state index in [0.717, 1.165) is 21.9 Å². The summed E-state index contributed by atoms with van der Waals surface area (Å²) in [7, 11) is 1.38. The highest BCUT2D eigenvalue weighted by molar-refractivity contribution is 5.99. The van der Waals surface area contributed by atoms with Crippen LogP contribution < -0.4 is 0 Å². The summed E-state index contributed by atoms with van der Waals surface area (Å²) in [4.78, 5) is 11.5. The first-order valence-corrected chi connectivity index (χ1v) is 6.14. The number of allylic oxidation sites excluding steroid dienone is 2. The van der Waals surface area contributed by atoms with Crippen LogP contribution in [0, 0.1) is 0 Å². The van der Waals surface area contributed by atoms with Crippen LogP contribution >= 0.6 is 0 Å². The van der Waals surface area contributed by atoms with E-state index in [4.69, 9.17) is 4.74 Å². The number of rotatable bonds is 4. The summed E-state index contributed by atoms with van der Waals surface area (Å²) in [5.41, 5.74) is 1.96. The van der Waals surface area contributed by atoms with Crippen molar-refractivity contribution in [1.82, 2.24) is 0 Å². The molecule has 2 rings (SSSR count). The normalized spacial score (nSPS) is 11.3. The summed E-state index contributed by atoms with van der Waals surface area (Å²) in [6.45, 7) is 3.75. The van der Waals surface area contributed by atoms with E-state index in [0.29, 0.717) is 6.42 Å². The van der Waals surface area contributed by atoms with Crippen molar-refractivity contribution in [2.45, 2.75) is 6.42 Å². The second-order valence-electron chi connectivity index (χ2n) is 4.21. The second-order valence-corrected chi connectivity index (χ2v) is 4.21. The molecule has 0 radical (unpaired) electrons. The van der Waals surface area contributed by atoms with Crippen molar-refractivity contribution in [2.24, 2.45) is 0 Å². The molecular formula is C17H16O2. The van der Waals surface area contributed by atoms with E-state index in [1.165, 1.54) is 13.2 Å². The number of benzene rings is 2. The maximum absolute atomic E-state index is 11.5. The van der Waals surface area contributed by atoms with E-state index < -0.39 is 0 Å². The van der Waals surface area contributed by atoms with Gasteiger partial charge in [-0.25, -0.2) is 4.79 Å². The molecule has 0 fully saturated rings. The average molecular weight is 252 g/mol. The predicted octanol–water partition coefficient (Wildman–Crippen LogP) is 3.97. The number of methoxy groups -OCH3 is 1. The molecule has 0 atom stereocenters. The van der Waals surface area contributed by atoms with Gasteiger partial charge in [0.05, 0.1) is 7.11 Å². The fourth-order valence-corrected chi connectivity index (χ4v) is 2.11. The lowest BCUT2D eigenvalue weighted by molar-refractivity contribution is -0.134. The Labute approximate surface area is 113 Å². The fraction of sp³-hybridized carbons (Fsp3) is 0.118. The molecule has 0 N–H and O–H groups in total. The summed E-state index contributed by atoms with van der Waals surface area (Å²) in [6.07, 6.45) is 3.95. The Kier molecular flexibility index (Phi) is 4.14. The van der Waals surface area contributed by atoms with Crippen LogP contribution in [-0.4, -0.2) is 13.1 Å². The molecule has 2 nitrogen and oxygen atoms in total. The van der Waals surface area contributed by atoms with Gasteiger partial charge in [-0.1, -0.05) is 48.5 Å². The zero-order valence-electron chi connectivity index (χ0n) is 10.9. The highest BCUT2D eigenvalue weighted by Gasteiger charge is 2.07. The van der Waals surface area contributed by atoms with E-state index >= 15 is 0 Å². The molecule has 0 amide bonds. The zero-order valence-corrected chi connectivity index (χ0v) is 10.9. The first-order chi connectivity index (χ1) is 9.26. The average Bonchev–Trinajstić information content (AvgIpc) is 2.46. The predicted molar refractivity (Wildman–Crippen MR) is 78.8 cm³/mol. The van der Waals surface area contributed by atoms with E-state index in [1.54, 1.807) is 6.08 Å². The quantitative estimate of drug-likeness (QED) is 0.467. The SMILES string of the molecule is C=CC/C(=C\C(=O)OC)c1cccc2ccccc12. The lowest BCUT2D eigenvalue weighted by Gasteiger charge is -2.09. The second kappa shape index (κ2) is 6.01. The van der Waals surface area contributed by atoms with Gasteiger partial charge in [0, 0.05) is 6.08 Å². The number of carbonyl (C=O) groups excluding carboxylic acids is 1. The first kappa shape index (κ1) is 13.1. The maximum Gasteiger partial charge on any atom is 0.330 e. The van der Waals surface area contributed by atoms with E-state index in [9.17, 15) is 4.79 Å². The van der Waals surface area contributed by atoms with Gasteiger partial charge >= 0.3 is 5.97 Å². The Bertz CT molecular complexity index is 633. The van der Waals surface area contributed by atoms with Crippen molar-refractivity contribution in [3.63, 3.8) is 0 Å². The molecule has 0 unspecified atom stereocenters. The third-order valence-corrected chi connectivity index (χ3v) is 2.99. The lowest BCUT2D eigenvalue weighted by Crippen LogP contribution is -1.97. The van der Waals surface area contributed by atoms with Crippen LogP contribution in [0.2, 0.25) is 0 Å². The molecule has 19 heavy (non-hydrogen) atoms. The van der Waals surface area contributed by atoms with Gasteiger partial charge in [0.25, 0.3) is 0 Å². The molecule has 0 aliphatic heterocycles. The molecule has 2 aromatic rings. The van der Waals surface area contributed by atoms with Crippen molar-refractivity contribution in [3.8, 4) is 0 Å². The number of hydrogen-bond donors (Lipinski definition) is 0. The van der Waals surface area contributed by atoms with Crippen LogP contribution in [0.1, 0.15) is 12.0 Å².